The van der Waals surface area contributed by atoms with Crippen molar-refractivity contribution in [1.82, 2.24) is 0 Å². The van der Waals surface area contributed by atoms with E-state index in [0.717, 1.165) is 24.8 Å². The summed E-state index contributed by atoms with van der Waals surface area (Å²) in [5, 5.41) is 9.24. The molecule has 1 aromatic carbocycles. The van der Waals surface area contributed by atoms with Gasteiger partial charge in [-0.3, -0.25) is 4.79 Å². The molecule has 2 rings (SSSR count). The highest BCUT2D eigenvalue weighted by Gasteiger charge is 2.22. The molecule has 0 aromatic heterocycles. The van der Waals surface area contributed by atoms with Crippen molar-refractivity contribution >= 4 is 17.6 Å². The lowest BCUT2D eigenvalue weighted by molar-refractivity contribution is -0.118. The zero-order valence-corrected chi connectivity index (χ0v) is 10.5. The Bertz CT molecular complexity index is 482. The number of rotatable bonds is 2. The predicted molar refractivity (Wildman–Crippen MR) is 69.0 cm³/mol. The number of carbonyl (C=O) groups excluding carboxylic acids is 1. The highest BCUT2D eigenvalue weighted by Crippen LogP contribution is 2.25. The minimum absolute atomic E-state index is 0.0267. The van der Waals surface area contributed by atoms with Gasteiger partial charge < -0.3 is 10.0 Å². The summed E-state index contributed by atoms with van der Waals surface area (Å²) in [5.74, 6) is -0.954. The molecule has 1 aliphatic rings. The van der Waals surface area contributed by atoms with E-state index in [1.54, 1.807) is 17.0 Å². The number of hydrogen-bond acceptors (Lipinski definition) is 2. The van der Waals surface area contributed by atoms with Crippen molar-refractivity contribution in [3.63, 3.8) is 0 Å². The van der Waals surface area contributed by atoms with Gasteiger partial charge in [-0.15, -0.1) is 0 Å². The van der Waals surface area contributed by atoms with E-state index in [1.807, 2.05) is 13.0 Å². The Morgan fingerprint density at radius 2 is 2.06 bits per heavy atom. The van der Waals surface area contributed by atoms with Crippen LogP contribution in [0.15, 0.2) is 18.2 Å². The van der Waals surface area contributed by atoms with Gasteiger partial charge in [-0.1, -0.05) is 18.1 Å². The van der Waals surface area contributed by atoms with Crippen LogP contribution in [0.1, 0.15) is 41.6 Å². The predicted octanol–water partition coefficient (Wildman–Crippen LogP) is 2.60. The van der Waals surface area contributed by atoms with Crippen LogP contribution in [-0.2, 0) is 4.79 Å². The maximum atomic E-state index is 12.0. The van der Waals surface area contributed by atoms with E-state index in [-0.39, 0.29) is 11.5 Å². The van der Waals surface area contributed by atoms with E-state index in [4.69, 9.17) is 0 Å². The summed E-state index contributed by atoms with van der Waals surface area (Å²) in [5.41, 5.74) is 1.63. The first-order chi connectivity index (χ1) is 8.59. The van der Waals surface area contributed by atoms with Crippen molar-refractivity contribution in [2.75, 3.05) is 11.4 Å². The van der Waals surface area contributed by atoms with E-state index in [1.165, 1.54) is 0 Å². The summed E-state index contributed by atoms with van der Waals surface area (Å²) in [6.07, 6.45) is 3.35. The number of carbonyl (C=O) groups is 2. The summed E-state index contributed by atoms with van der Waals surface area (Å²) in [6, 6.07) is 5.21. The van der Waals surface area contributed by atoms with Gasteiger partial charge in [-0.2, -0.15) is 0 Å². The number of carboxylic acid groups (broad SMARTS) is 1. The zero-order chi connectivity index (χ0) is 13.1. The summed E-state index contributed by atoms with van der Waals surface area (Å²) < 4.78 is 0. The highest BCUT2D eigenvalue weighted by atomic mass is 16.4. The van der Waals surface area contributed by atoms with Gasteiger partial charge in [0.05, 0.1) is 11.3 Å². The molecule has 0 atom stereocenters. The summed E-state index contributed by atoms with van der Waals surface area (Å²) >= 11 is 0. The normalized spacial score (nSPS) is 16.5. The molecule has 1 fully saturated rings. The second kappa shape index (κ2) is 5.21. The molecular formula is C14H17NO3. The number of hydrogen-bond donors (Lipinski definition) is 1. The third-order valence-corrected chi connectivity index (χ3v) is 3.25. The van der Waals surface area contributed by atoms with Crippen LogP contribution in [0.4, 0.5) is 5.69 Å². The van der Waals surface area contributed by atoms with E-state index < -0.39 is 5.97 Å². The summed E-state index contributed by atoms with van der Waals surface area (Å²) in [7, 11) is 0. The Morgan fingerprint density at radius 1 is 1.28 bits per heavy atom. The van der Waals surface area contributed by atoms with E-state index in [2.05, 4.69) is 0 Å². The topological polar surface area (TPSA) is 57.6 Å². The van der Waals surface area contributed by atoms with Crippen molar-refractivity contribution in [1.29, 1.82) is 0 Å². The summed E-state index contributed by atoms with van der Waals surface area (Å²) in [6.45, 7) is 2.46. The molecule has 1 heterocycles. The second-order valence-corrected chi connectivity index (χ2v) is 4.68. The van der Waals surface area contributed by atoms with Crippen molar-refractivity contribution in [2.45, 2.75) is 32.6 Å². The minimum atomic E-state index is -0.981. The number of anilines is 1. The molecule has 1 aliphatic heterocycles. The lowest BCUT2D eigenvalue weighted by Gasteiger charge is -2.22. The number of carboxylic acids is 1. The number of amides is 1. The van der Waals surface area contributed by atoms with Gasteiger partial charge in [-0.25, -0.2) is 4.79 Å². The maximum absolute atomic E-state index is 12.0. The number of aryl methyl sites for hydroxylation is 1. The molecule has 0 bridgehead atoms. The van der Waals surface area contributed by atoms with Gasteiger partial charge in [0.25, 0.3) is 0 Å². The smallest absolute Gasteiger partial charge is 0.337 e. The number of aromatic carboxylic acids is 1. The van der Waals surface area contributed by atoms with Crippen LogP contribution in [0.25, 0.3) is 0 Å². The number of benzene rings is 1. The molecule has 0 radical (unpaired) electrons. The van der Waals surface area contributed by atoms with Crippen LogP contribution in [0.5, 0.6) is 0 Å². The molecule has 0 saturated carbocycles. The molecule has 96 valence electrons. The van der Waals surface area contributed by atoms with Gasteiger partial charge >= 0.3 is 5.97 Å². The second-order valence-electron chi connectivity index (χ2n) is 4.68. The van der Waals surface area contributed by atoms with Crippen molar-refractivity contribution in [3.05, 3.63) is 29.3 Å². The Hall–Kier alpha value is -1.84. The Morgan fingerprint density at radius 3 is 2.78 bits per heavy atom. The lowest BCUT2D eigenvalue weighted by atomic mass is 10.1. The highest BCUT2D eigenvalue weighted by molar-refractivity contribution is 6.02. The molecule has 1 saturated heterocycles. The third-order valence-electron chi connectivity index (χ3n) is 3.25. The molecular weight excluding hydrogens is 230 g/mol. The first-order valence-corrected chi connectivity index (χ1v) is 6.24. The van der Waals surface area contributed by atoms with Crippen LogP contribution >= 0.6 is 0 Å². The molecule has 18 heavy (non-hydrogen) atoms. The first kappa shape index (κ1) is 12.6. The van der Waals surface area contributed by atoms with E-state index >= 15 is 0 Å². The largest absolute Gasteiger partial charge is 0.478 e. The Kier molecular flexibility index (Phi) is 3.65. The quantitative estimate of drug-likeness (QED) is 0.873. The average Bonchev–Trinajstić information content (AvgIpc) is 2.54. The van der Waals surface area contributed by atoms with Crippen LogP contribution in [0, 0.1) is 6.92 Å². The van der Waals surface area contributed by atoms with Gasteiger partial charge in [0.15, 0.2) is 0 Å². The van der Waals surface area contributed by atoms with Crippen molar-refractivity contribution in [3.8, 4) is 0 Å². The standard InChI is InChI=1S/C14H17NO3/c1-10-6-7-12(11(9-10)14(17)18)15-8-4-2-3-5-13(15)16/h6-7,9H,2-5,8H2,1H3,(H,17,18). The molecule has 1 N–H and O–H groups in total. The van der Waals surface area contributed by atoms with Crippen LogP contribution in [0.2, 0.25) is 0 Å². The fraction of sp³-hybridized carbons (Fsp3) is 0.429. The van der Waals surface area contributed by atoms with Crippen molar-refractivity contribution in [2.24, 2.45) is 0 Å². The lowest BCUT2D eigenvalue weighted by Crippen LogP contribution is -2.31. The van der Waals surface area contributed by atoms with Gasteiger partial charge in [0.2, 0.25) is 5.91 Å². The summed E-state index contributed by atoms with van der Waals surface area (Å²) in [4.78, 5) is 24.9. The van der Waals surface area contributed by atoms with Crippen LogP contribution in [0.3, 0.4) is 0 Å². The first-order valence-electron chi connectivity index (χ1n) is 6.24. The minimum Gasteiger partial charge on any atom is -0.478 e. The van der Waals surface area contributed by atoms with Crippen LogP contribution in [-0.4, -0.2) is 23.5 Å². The molecule has 0 spiro atoms. The molecule has 0 unspecified atom stereocenters. The van der Waals surface area contributed by atoms with Gasteiger partial charge in [0, 0.05) is 13.0 Å². The molecule has 1 amide bonds. The monoisotopic (exact) mass is 247 g/mol. The molecule has 4 nitrogen and oxygen atoms in total. The third kappa shape index (κ3) is 2.53. The fourth-order valence-corrected chi connectivity index (χ4v) is 2.29. The molecule has 0 aliphatic carbocycles. The molecule has 4 heteroatoms. The van der Waals surface area contributed by atoms with Gasteiger partial charge in [0.1, 0.15) is 0 Å². The maximum Gasteiger partial charge on any atom is 0.337 e. The zero-order valence-electron chi connectivity index (χ0n) is 10.5. The number of nitrogens with zero attached hydrogens (tertiary/aromatic N) is 1. The van der Waals surface area contributed by atoms with E-state index in [9.17, 15) is 14.7 Å². The molecule has 1 aromatic rings. The van der Waals surface area contributed by atoms with Crippen molar-refractivity contribution < 1.29 is 14.7 Å². The fourth-order valence-electron chi connectivity index (χ4n) is 2.29. The Balaban J connectivity index is 2.42. The van der Waals surface area contributed by atoms with Gasteiger partial charge in [-0.05, 0) is 31.9 Å². The van der Waals surface area contributed by atoms with E-state index in [0.29, 0.717) is 18.7 Å². The van der Waals surface area contributed by atoms with Crippen LogP contribution < -0.4 is 4.90 Å². The SMILES string of the molecule is Cc1ccc(N2CCCCCC2=O)c(C(=O)O)c1. The average molecular weight is 247 g/mol. The Labute approximate surface area is 106 Å².